The number of rotatable bonds is 8. The number of piperidine rings is 1. The molecule has 2 aliphatic heterocycles. The van der Waals surface area contributed by atoms with E-state index in [9.17, 15) is 19.5 Å². The summed E-state index contributed by atoms with van der Waals surface area (Å²) in [5, 5.41) is 10.7. The van der Waals surface area contributed by atoms with Crippen LogP contribution in [0.3, 0.4) is 0 Å². The smallest absolute Gasteiger partial charge is 0.339 e. The predicted molar refractivity (Wildman–Crippen MR) is 164 cm³/mol. The Kier molecular flexibility index (Phi) is 8.56. The minimum Gasteiger partial charge on any atom is -0.497 e. The predicted octanol–water partition coefficient (Wildman–Crippen LogP) is 4.25. The molecule has 1 saturated carbocycles. The highest BCUT2D eigenvalue weighted by Gasteiger charge is 2.54. The molecule has 1 aliphatic carbocycles. The largest absolute Gasteiger partial charge is 0.497 e. The van der Waals surface area contributed by atoms with E-state index in [1.54, 1.807) is 13.2 Å². The lowest BCUT2D eigenvalue weighted by Gasteiger charge is -2.52. The summed E-state index contributed by atoms with van der Waals surface area (Å²) in [5.74, 6) is -1.66. The van der Waals surface area contributed by atoms with E-state index in [1.165, 1.54) is 62.3 Å². The molecule has 0 amide bonds. The van der Waals surface area contributed by atoms with Gasteiger partial charge < -0.3 is 33.8 Å². The van der Waals surface area contributed by atoms with Crippen molar-refractivity contribution in [2.75, 3.05) is 41.5 Å². The van der Waals surface area contributed by atoms with Crippen molar-refractivity contribution in [3.05, 3.63) is 64.9 Å². The van der Waals surface area contributed by atoms with Crippen LogP contribution in [0.2, 0.25) is 0 Å². The molecule has 3 aliphatic rings. The molecule has 3 heterocycles. The van der Waals surface area contributed by atoms with Crippen LogP contribution in [0.1, 0.15) is 46.1 Å². The second-order valence-electron chi connectivity index (χ2n) is 11.9. The van der Waals surface area contributed by atoms with Crippen LogP contribution in [0.4, 0.5) is 0 Å². The van der Waals surface area contributed by atoms with Crippen LogP contribution in [0, 0.1) is 17.8 Å². The summed E-state index contributed by atoms with van der Waals surface area (Å²) in [4.78, 5) is 44.1. The second kappa shape index (κ2) is 12.6. The molecule has 2 aromatic carbocycles. The molecule has 6 atom stereocenters. The number of aromatic nitrogens is 1. The van der Waals surface area contributed by atoms with Crippen molar-refractivity contribution in [2.45, 2.75) is 37.5 Å². The summed E-state index contributed by atoms with van der Waals surface area (Å²) in [6.07, 6.45) is 3.60. The van der Waals surface area contributed by atoms with Crippen molar-refractivity contribution in [3.63, 3.8) is 0 Å². The molecule has 2 N–H and O–H groups in total. The van der Waals surface area contributed by atoms with E-state index in [1.807, 2.05) is 12.1 Å². The van der Waals surface area contributed by atoms with Crippen molar-refractivity contribution in [1.29, 1.82) is 0 Å². The van der Waals surface area contributed by atoms with Gasteiger partial charge in [-0.05, 0) is 72.6 Å². The van der Waals surface area contributed by atoms with Crippen LogP contribution in [0.5, 0.6) is 11.5 Å². The molecule has 0 unspecified atom stereocenters. The lowest BCUT2D eigenvalue weighted by Crippen LogP contribution is -2.58. The molecular weight excluding hydrogens is 580 g/mol. The van der Waals surface area contributed by atoms with E-state index in [0.29, 0.717) is 12.0 Å². The van der Waals surface area contributed by atoms with Crippen LogP contribution >= 0.6 is 0 Å². The highest BCUT2D eigenvalue weighted by Crippen LogP contribution is 2.50. The van der Waals surface area contributed by atoms with Crippen molar-refractivity contribution < 1.29 is 43.2 Å². The summed E-state index contributed by atoms with van der Waals surface area (Å²) in [6, 6.07) is 10.8. The van der Waals surface area contributed by atoms with Crippen LogP contribution in [0.25, 0.3) is 17.0 Å². The first-order valence-electron chi connectivity index (χ1n) is 15.1. The molecule has 1 aromatic heterocycles. The molecular formula is C34H38N2O9. The molecule has 11 heteroatoms. The first-order valence-corrected chi connectivity index (χ1v) is 15.1. The van der Waals surface area contributed by atoms with Crippen molar-refractivity contribution in [1.82, 2.24) is 9.88 Å². The highest BCUT2D eigenvalue weighted by atomic mass is 16.6. The Bertz CT molecular complexity index is 1650. The third-order valence-electron chi connectivity index (χ3n) is 9.73. The average Bonchev–Trinajstić information content (AvgIpc) is 3.43. The average molecular weight is 619 g/mol. The minimum atomic E-state index is -1.14. The number of benzene rings is 2. The fourth-order valence-electron chi connectivity index (χ4n) is 7.71. The summed E-state index contributed by atoms with van der Waals surface area (Å²) in [5.41, 5.74) is 4.03. The quantitative estimate of drug-likeness (QED) is 0.279. The van der Waals surface area contributed by atoms with Crippen molar-refractivity contribution in [2.24, 2.45) is 17.8 Å². The van der Waals surface area contributed by atoms with E-state index in [2.05, 4.69) is 16.0 Å². The number of fused-ring (bicyclic) bond motifs is 6. The van der Waals surface area contributed by atoms with Gasteiger partial charge in [-0.3, -0.25) is 9.69 Å². The zero-order valence-corrected chi connectivity index (χ0v) is 25.8. The summed E-state index contributed by atoms with van der Waals surface area (Å²) in [6.45, 7) is 1.65. The number of nitrogens with one attached hydrogen (secondary N) is 1. The topological polar surface area (TPSA) is 137 Å². The maximum absolute atomic E-state index is 13.3. The van der Waals surface area contributed by atoms with E-state index in [-0.39, 0.29) is 35.2 Å². The van der Waals surface area contributed by atoms with Crippen LogP contribution in [-0.2, 0) is 30.2 Å². The number of aromatic carboxylic acids is 1. The maximum atomic E-state index is 13.3. The third-order valence-corrected chi connectivity index (χ3v) is 9.73. The van der Waals surface area contributed by atoms with Gasteiger partial charge in [-0.2, -0.15) is 0 Å². The van der Waals surface area contributed by atoms with Crippen molar-refractivity contribution in [3.8, 4) is 11.5 Å². The number of hydrogen-bond donors (Lipinski definition) is 2. The summed E-state index contributed by atoms with van der Waals surface area (Å²) >= 11 is 0. The van der Waals surface area contributed by atoms with Crippen LogP contribution in [0.15, 0.2) is 42.5 Å². The third kappa shape index (κ3) is 5.66. The van der Waals surface area contributed by atoms with Gasteiger partial charge in [0.15, 0.2) is 0 Å². The molecule has 0 bridgehead atoms. The van der Waals surface area contributed by atoms with Crippen LogP contribution < -0.4 is 9.47 Å². The van der Waals surface area contributed by atoms with Gasteiger partial charge in [-0.1, -0.05) is 6.07 Å². The molecule has 1 saturated heterocycles. The Morgan fingerprint density at radius 1 is 1.02 bits per heavy atom. The van der Waals surface area contributed by atoms with Crippen molar-refractivity contribution >= 4 is 34.9 Å². The van der Waals surface area contributed by atoms with Gasteiger partial charge >= 0.3 is 17.9 Å². The summed E-state index contributed by atoms with van der Waals surface area (Å²) in [7, 11) is 5.96. The lowest BCUT2D eigenvalue weighted by atomic mass is 9.63. The number of ether oxygens (including phenoxy) is 5. The minimum absolute atomic E-state index is 0.0145. The highest BCUT2D eigenvalue weighted by molar-refractivity contribution is 5.93. The Morgan fingerprint density at radius 3 is 2.56 bits per heavy atom. The zero-order valence-electron chi connectivity index (χ0n) is 25.8. The molecule has 0 spiro atoms. The number of methoxy groups -OCH3 is 4. The Balaban J connectivity index is 1.23. The van der Waals surface area contributed by atoms with E-state index >= 15 is 0 Å². The number of hydrogen-bond acceptors (Lipinski definition) is 9. The fraction of sp³-hybridized carbons (Fsp3) is 0.441. The summed E-state index contributed by atoms with van der Waals surface area (Å²) < 4.78 is 27.7. The van der Waals surface area contributed by atoms with Gasteiger partial charge in [-0.15, -0.1) is 0 Å². The molecule has 11 nitrogen and oxygen atoms in total. The maximum Gasteiger partial charge on any atom is 0.339 e. The first kappa shape index (κ1) is 30.7. The standard InChI is InChI=1S/C34H38N2O9/c1-41-20-7-8-21-22-11-12-36-17-19-14-28(45-29(37)10-6-18-5-9-27(42-2)24(13-18)33(38)39)32(43-3)30(34(40)44-4)23(19)16-26(36)31(22)35-25(21)15-20/h5-10,13,15,19,23,26,28,30,32,35H,11-12,14,16-17H2,1-4H3,(H,38,39)/t19-,23+,26-,28-,30+,32+/m1/s1. The monoisotopic (exact) mass is 618 g/mol. The number of carbonyl (C=O) groups is 3. The number of carboxylic acids is 1. The molecule has 3 aromatic rings. The van der Waals surface area contributed by atoms with E-state index in [0.717, 1.165) is 37.2 Å². The number of nitrogens with zero attached hydrogens (tertiary/aromatic N) is 1. The van der Waals surface area contributed by atoms with Gasteiger partial charge in [0.05, 0.1) is 33.3 Å². The first-order chi connectivity index (χ1) is 21.8. The Hall–Kier alpha value is -4.35. The number of carbonyl (C=O) groups excluding carboxylic acids is 2. The number of aromatic amines is 1. The molecule has 238 valence electrons. The molecule has 6 rings (SSSR count). The van der Waals surface area contributed by atoms with Gasteiger partial charge in [0, 0.05) is 48.9 Å². The van der Waals surface area contributed by atoms with Crippen LogP contribution in [-0.4, -0.2) is 86.6 Å². The second-order valence-corrected chi connectivity index (χ2v) is 11.9. The number of carboxylic acid groups (broad SMARTS) is 1. The Morgan fingerprint density at radius 2 is 1.84 bits per heavy atom. The normalized spacial score (nSPS) is 26.0. The van der Waals surface area contributed by atoms with E-state index in [4.69, 9.17) is 23.7 Å². The van der Waals surface area contributed by atoms with E-state index < -0.39 is 30.1 Å². The Labute approximate surface area is 261 Å². The van der Waals surface area contributed by atoms with Gasteiger partial charge in [0.2, 0.25) is 0 Å². The molecule has 2 fully saturated rings. The number of esters is 2. The van der Waals surface area contributed by atoms with Gasteiger partial charge in [-0.25, -0.2) is 9.59 Å². The lowest BCUT2D eigenvalue weighted by molar-refractivity contribution is -0.187. The molecule has 0 radical (unpaired) electrons. The van der Waals surface area contributed by atoms with Gasteiger partial charge in [0.25, 0.3) is 0 Å². The zero-order chi connectivity index (χ0) is 31.8. The van der Waals surface area contributed by atoms with Gasteiger partial charge in [0.1, 0.15) is 29.3 Å². The molecule has 45 heavy (non-hydrogen) atoms. The SMILES string of the molecule is COC(=O)[C@H]1[C@H]2C[C@@H]3c4[nH]c5cc(OC)ccc5c4CCN3C[C@H]2C[C@@H](OC(=O)C=Cc2ccc(OC)c(C(=O)O)c2)[C@@H]1OC. The fourth-order valence-corrected chi connectivity index (χ4v) is 7.71. The number of H-pyrrole nitrogens is 1.